The van der Waals surface area contributed by atoms with Crippen molar-refractivity contribution in [2.24, 2.45) is 0 Å². The molecule has 25 heavy (non-hydrogen) atoms. The molecule has 0 radical (unpaired) electrons. The minimum absolute atomic E-state index is 0.00782. The van der Waals surface area contributed by atoms with Crippen molar-refractivity contribution in [3.63, 3.8) is 0 Å². The van der Waals surface area contributed by atoms with Crippen LogP contribution < -0.4 is 4.74 Å². The van der Waals surface area contributed by atoms with Crippen molar-refractivity contribution in [2.75, 3.05) is 0 Å². The average Bonchev–Trinajstić information content (AvgIpc) is 2.67. The molecule has 4 aromatic rings. The summed E-state index contributed by atoms with van der Waals surface area (Å²) in [5.41, 5.74) is 2.24. The molecule has 0 saturated carbocycles. The van der Waals surface area contributed by atoms with Crippen molar-refractivity contribution < 1.29 is 9.53 Å². The molecule has 1 aliphatic heterocycles. The average molecular weight is 324 g/mol. The second-order valence-electron chi connectivity index (χ2n) is 6.45. The van der Waals surface area contributed by atoms with Gasteiger partial charge in [-0.15, -0.1) is 0 Å². The second-order valence-corrected chi connectivity index (χ2v) is 6.45. The maximum Gasteiger partial charge on any atom is 0.131 e. The summed E-state index contributed by atoms with van der Waals surface area (Å²) in [4.78, 5) is 11.5. The van der Waals surface area contributed by atoms with Gasteiger partial charge in [-0.25, -0.2) is 0 Å². The minimum atomic E-state index is 0.00782. The maximum absolute atomic E-state index is 11.5. The van der Waals surface area contributed by atoms with Gasteiger partial charge in [0.15, 0.2) is 0 Å². The van der Waals surface area contributed by atoms with E-state index < -0.39 is 0 Å². The topological polar surface area (TPSA) is 26.3 Å². The maximum atomic E-state index is 11.5. The van der Waals surface area contributed by atoms with Crippen LogP contribution in [0.25, 0.3) is 21.5 Å². The Balaban J connectivity index is 1.87. The molecule has 0 N–H and O–H groups in total. The summed E-state index contributed by atoms with van der Waals surface area (Å²) >= 11 is 0. The van der Waals surface area contributed by atoms with Crippen molar-refractivity contribution in [2.45, 2.75) is 12.3 Å². The summed E-state index contributed by atoms with van der Waals surface area (Å²) in [7, 11) is 0. The molecule has 0 amide bonds. The Morgan fingerprint density at radius 1 is 0.720 bits per heavy atom. The van der Waals surface area contributed by atoms with Crippen LogP contribution in [0.4, 0.5) is 0 Å². The van der Waals surface area contributed by atoms with Crippen molar-refractivity contribution in [3.8, 4) is 11.5 Å². The summed E-state index contributed by atoms with van der Waals surface area (Å²) in [5, 5.41) is 4.66. The number of rotatable bonds is 2. The van der Waals surface area contributed by atoms with Gasteiger partial charge in [-0.1, -0.05) is 60.7 Å². The first-order valence-electron chi connectivity index (χ1n) is 8.51. The van der Waals surface area contributed by atoms with Gasteiger partial charge in [0.1, 0.15) is 17.8 Å². The lowest BCUT2D eigenvalue weighted by atomic mass is 9.81. The Morgan fingerprint density at radius 3 is 1.76 bits per heavy atom. The van der Waals surface area contributed by atoms with Gasteiger partial charge in [-0.3, -0.25) is 0 Å². The van der Waals surface area contributed by atoms with Gasteiger partial charge in [-0.05, 0) is 33.7 Å². The van der Waals surface area contributed by atoms with E-state index in [1.54, 1.807) is 0 Å². The standard InChI is InChI=1S/C23H16O2/c24-14-13-19-22-17-7-3-1-5-15(17)9-11-20(22)25-21-12-10-16-6-2-4-8-18(16)23(19)21/h1-12,14,19H,13H2. The van der Waals surface area contributed by atoms with Crippen LogP contribution in [0.15, 0.2) is 72.8 Å². The third-order valence-electron chi connectivity index (χ3n) is 5.11. The van der Waals surface area contributed by atoms with Gasteiger partial charge in [0.05, 0.1) is 0 Å². The number of ether oxygens (including phenoxy) is 1. The lowest BCUT2D eigenvalue weighted by Gasteiger charge is -2.29. The van der Waals surface area contributed by atoms with Crippen LogP contribution in [0.5, 0.6) is 11.5 Å². The van der Waals surface area contributed by atoms with Gasteiger partial charge in [0, 0.05) is 23.5 Å². The molecule has 1 aliphatic rings. The van der Waals surface area contributed by atoms with E-state index in [9.17, 15) is 4.79 Å². The van der Waals surface area contributed by atoms with E-state index in [-0.39, 0.29) is 5.92 Å². The van der Waals surface area contributed by atoms with Crippen LogP contribution >= 0.6 is 0 Å². The van der Waals surface area contributed by atoms with Crippen molar-refractivity contribution in [1.29, 1.82) is 0 Å². The van der Waals surface area contributed by atoms with E-state index in [0.29, 0.717) is 6.42 Å². The smallest absolute Gasteiger partial charge is 0.131 e. The van der Waals surface area contributed by atoms with Gasteiger partial charge in [0.2, 0.25) is 0 Å². The molecule has 5 rings (SSSR count). The van der Waals surface area contributed by atoms with Crippen molar-refractivity contribution >= 4 is 27.8 Å². The predicted molar refractivity (Wildman–Crippen MR) is 100 cm³/mol. The SMILES string of the molecule is O=CCC1c2c(ccc3ccccc23)Oc2ccc3ccccc3c21. The molecule has 0 saturated heterocycles. The van der Waals surface area contributed by atoms with E-state index in [1.165, 1.54) is 10.8 Å². The molecular weight excluding hydrogens is 308 g/mol. The quantitative estimate of drug-likeness (QED) is 0.434. The Hall–Kier alpha value is -3.13. The highest BCUT2D eigenvalue weighted by Crippen LogP contribution is 2.50. The fraction of sp³-hybridized carbons (Fsp3) is 0.0870. The second kappa shape index (κ2) is 5.45. The molecule has 0 aliphatic carbocycles. The molecular formula is C23H16O2. The molecule has 0 fully saturated rings. The summed E-state index contributed by atoms with van der Waals surface area (Å²) in [6.07, 6.45) is 1.47. The number of carbonyl (C=O) groups is 1. The number of hydrogen-bond acceptors (Lipinski definition) is 2. The van der Waals surface area contributed by atoms with Gasteiger partial charge in [-0.2, -0.15) is 0 Å². The zero-order valence-corrected chi connectivity index (χ0v) is 13.6. The van der Waals surface area contributed by atoms with Crippen LogP contribution in [-0.4, -0.2) is 6.29 Å². The number of carbonyl (C=O) groups excluding carboxylic acids is 1. The lowest BCUT2D eigenvalue weighted by Crippen LogP contribution is -2.12. The van der Waals surface area contributed by atoms with Crippen LogP contribution in [0.2, 0.25) is 0 Å². The molecule has 0 aromatic heterocycles. The highest BCUT2D eigenvalue weighted by atomic mass is 16.5. The van der Waals surface area contributed by atoms with E-state index in [1.807, 2.05) is 36.4 Å². The molecule has 0 bridgehead atoms. The van der Waals surface area contributed by atoms with Crippen LogP contribution in [0.3, 0.4) is 0 Å². The highest BCUT2D eigenvalue weighted by Gasteiger charge is 2.30. The molecule has 2 heteroatoms. The number of aldehydes is 1. The fourth-order valence-electron chi connectivity index (χ4n) is 4.04. The summed E-state index contributed by atoms with van der Waals surface area (Å²) in [6, 6.07) is 24.8. The summed E-state index contributed by atoms with van der Waals surface area (Å²) in [6.45, 7) is 0. The molecule has 0 spiro atoms. The third-order valence-corrected chi connectivity index (χ3v) is 5.11. The first-order chi connectivity index (χ1) is 12.4. The van der Waals surface area contributed by atoms with E-state index in [0.717, 1.165) is 39.7 Å². The first kappa shape index (κ1) is 14.2. The number of benzene rings is 4. The first-order valence-corrected chi connectivity index (χ1v) is 8.51. The third kappa shape index (κ3) is 2.07. The predicted octanol–water partition coefficient (Wildman–Crippen LogP) is 5.82. The molecule has 2 nitrogen and oxygen atoms in total. The zero-order chi connectivity index (χ0) is 16.8. The largest absolute Gasteiger partial charge is 0.457 e. The monoisotopic (exact) mass is 324 g/mol. The van der Waals surface area contributed by atoms with E-state index in [2.05, 4.69) is 36.4 Å². The van der Waals surface area contributed by atoms with E-state index in [4.69, 9.17) is 4.74 Å². The Bertz CT molecular complexity index is 1040. The fourth-order valence-corrected chi connectivity index (χ4v) is 4.04. The Kier molecular flexibility index (Phi) is 3.10. The van der Waals surface area contributed by atoms with Crippen LogP contribution in [0.1, 0.15) is 23.5 Å². The van der Waals surface area contributed by atoms with Crippen LogP contribution in [-0.2, 0) is 4.79 Å². The van der Waals surface area contributed by atoms with Gasteiger partial charge < -0.3 is 9.53 Å². The molecule has 1 heterocycles. The minimum Gasteiger partial charge on any atom is -0.457 e. The zero-order valence-electron chi connectivity index (χ0n) is 13.6. The van der Waals surface area contributed by atoms with Crippen molar-refractivity contribution in [3.05, 3.63) is 83.9 Å². The number of hydrogen-bond donors (Lipinski definition) is 0. The highest BCUT2D eigenvalue weighted by molar-refractivity contribution is 5.94. The lowest BCUT2D eigenvalue weighted by molar-refractivity contribution is -0.108. The molecule has 4 aromatic carbocycles. The summed E-state index contributed by atoms with van der Waals surface area (Å²) < 4.78 is 6.25. The number of fused-ring (bicyclic) bond motifs is 6. The van der Waals surface area contributed by atoms with Crippen LogP contribution in [0, 0.1) is 0 Å². The van der Waals surface area contributed by atoms with Crippen molar-refractivity contribution in [1.82, 2.24) is 0 Å². The molecule has 120 valence electrons. The normalized spacial score (nSPS) is 13.3. The Morgan fingerprint density at radius 2 is 1.24 bits per heavy atom. The molecule has 0 atom stereocenters. The summed E-state index contributed by atoms with van der Waals surface area (Å²) in [5.74, 6) is 1.72. The van der Waals surface area contributed by atoms with Gasteiger partial charge >= 0.3 is 0 Å². The molecule has 0 unspecified atom stereocenters. The van der Waals surface area contributed by atoms with Gasteiger partial charge in [0.25, 0.3) is 0 Å². The Labute approximate surface area is 145 Å². The van der Waals surface area contributed by atoms with E-state index >= 15 is 0 Å².